The van der Waals surface area contributed by atoms with E-state index in [1.54, 1.807) is 19.3 Å². The van der Waals surface area contributed by atoms with E-state index in [0.29, 0.717) is 0 Å². The Bertz CT molecular complexity index is 628. The topological polar surface area (TPSA) is 67.7 Å². The van der Waals surface area contributed by atoms with Gasteiger partial charge in [-0.25, -0.2) is 4.68 Å². The molecule has 2 aromatic rings. The summed E-state index contributed by atoms with van der Waals surface area (Å²) >= 11 is 0. The first-order valence-electron chi connectivity index (χ1n) is 5.36. The third-order valence-electron chi connectivity index (χ3n) is 2.57. The summed E-state index contributed by atoms with van der Waals surface area (Å²) in [5.41, 5.74) is 5.00. The lowest BCUT2D eigenvalue weighted by Crippen LogP contribution is -2.19. The molecule has 3 N–H and O–H groups in total. The molecule has 0 aliphatic carbocycles. The minimum absolute atomic E-state index is 0.269. The lowest BCUT2D eigenvalue weighted by Gasteiger charge is -2.13. The highest BCUT2D eigenvalue weighted by Crippen LogP contribution is 2.33. The van der Waals surface area contributed by atoms with Gasteiger partial charge in [0.05, 0.1) is 17.4 Å². The summed E-state index contributed by atoms with van der Waals surface area (Å²) in [7, 11) is 0. The van der Waals surface area contributed by atoms with Crippen molar-refractivity contribution in [3.8, 4) is 5.69 Å². The lowest BCUT2D eigenvalue weighted by molar-refractivity contribution is -0.137. The first kappa shape index (κ1) is 13.1. The fraction of sp³-hybridized carbons (Fsp3) is 0.167. The van der Waals surface area contributed by atoms with Gasteiger partial charge in [0.15, 0.2) is 0 Å². The molecule has 0 saturated heterocycles. The van der Waals surface area contributed by atoms with Gasteiger partial charge in [-0.15, -0.1) is 0 Å². The summed E-state index contributed by atoms with van der Waals surface area (Å²) < 4.78 is 40.1. The predicted octanol–water partition coefficient (Wildman–Crippen LogP) is 2.48. The van der Waals surface area contributed by atoms with Crippen LogP contribution >= 0.6 is 0 Å². The van der Waals surface area contributed by atoms with Crippen LogP contribution < -0.4 is 5.73 Å². The number of alkyl halides is 3. The fourth-order valence-corrected chi connectivity index (χ4v) is 1.70. The van der Waals surface area contributed by atoms with Gasteiger partial charge < -0.3 is 5.73 Å². The molecule has 0 unspecified atom stereocenters. The van der Waals surface area contributed by atoms with Gasteiger partial charge in [-0.2, -0.15) is 18.3 Å². The van der Waals surface area contributed by atoms with Crippen molar-refractivity contribution in [2.24, 2.45) is 5.73 Å². The van der Waals surface area contributed by atoms with Crippen LogP contribution in [0.2, 0.25) is 0 Å². The zero-order valence-corrected chi connectivity index (χ0v) is 9.99. The number of halogens is 3. The number of aromatic nitrogens is 2. The van der Waals surface area contributed by atoms with E-state index in [2.05, 4.69) is 5.10 Å². The van der Waals surface area contributed by atoms with Crippen molar-refractivity contribution in [3.05, 3.63) is 47.3 Å². The van der Waals surface area contributed by atoms with Crippen molar-refractivity contribution in [2.75, 3.05) is 0 Å². The number of hydrogen-bond acceptors (Lipinski definition) is 2. The normalized spacial score (nSPS) is 11.6. The van der Waals surface area contributed by atoms with Gasteiger partial charge in [-0.3, -0.25) is 5.41 Å². The zero-order valence-electron chi connectivity index (χ0n) is 9.99. The maximum atomic E-state index is 12.9. The molecule has 4 nitrogen and oxygen atoms in total. The van der Waals surface area contributed by atoms with Gasteiger partial charge in [0.2, 0.25) is 0 Å². The molecule has 0 atom stereocenters. The molecule has 0 aliphatic heterocycles. The number of nitrogens with zero attached hydrogens (tertiary/aromatic N) is 2. The number of benzene rings is 1. The van der Waals surface area contributed by atoms with Crippen LogP contribution in [0.4, 0.5) is 13.2 Å². The van der Waals surface area contributed by atoms with Crippen LogP contribution in [0.3, 0.4) is 0 Å². The predicted molar refractivity (Wildman–Crippen MR) is 64.3 cm³/mol. The quantitative estimate of drug-likeness (QED) is 0.649. The van der Waals surface area contributed by atoms with Gasteiger partial charge in [-0.1, -0.05) is 0 Å². The number of hydrogen-bond donors (Lipinski definition) is 2. The van der Waals surface area contributed by atoms with Crippen molar-refractivity contribution < 1.29 is 13.2 Å². The zero-order chi connectivity index (χ0) is 14.2. The summed E-state index contributed by atoms with van der Waals surface area (Å²) in [4.78, 5) is 0. The first-order chi connectivity index (χ1) is 8.79. The lowest BCUT2D eigenvalue weighted by atomic mass is 10.1. The SMILES string of the molecule is Cc1cnn(-c2ccc(C(=N)N)c(C(F)(F)F)c2)c1. The summed E-state index contributed by atoms with van der Waals surface area (Å²) in [6.07, 6.45) is -1.41. The minimum atomic E-state index is -4.57. The Morgan fingerprint density at radius 1 is 1.37 bits per heavy atom. The van der Waals surface area contributed by atoms with Gasteiger partial charge >= 0.3 is 6.18 Å². The maximum absolute atomic E-state index is 12.9. The van der Waals surface area contributed by atoms with Crippen LogP contribution in [0.5, 0.6) is 0 Å². The second-order valence-corrected chi connectivity index (χ2v) is 4.10. The average Bonchev–Trinajstić information content (AvgIpc) is 2.74. The molecule has 0 saturated carbocycles. The molecule has 2 rings (SSSR count). The van der Waals surface area contributed by atoms with Crippen LogP contribution in [0, 0.1) is 12.3 Å². The highest BCUT2D eigenvalue weighted by molar-refractivity contribution is 5.96. The Morgan fingerprint density at radius 3 is 2.53 bits per heavy atom. The van der Waals surface area contributed by atoms with Crippen LogP contribution in [0.1, 0.15) is 16.7 Å². The van der Waals surface area contributed by atoms with Crippen molar-refractivity contribution in [1.29, 1.82) is 5.41 Å². The van der Waals surface area contributed by atoms with E-state index in [1.807, 2.05) is 0 Å². The van der Waals surface area contributed by atoms with Crippen LogP contribution in [-0.4, -0.2) is 15.6 Å². The summed E-state index contributed by atoms with van der Waals surface area (Å²) in [5, 5.41) is 11.1. The average molecular weight is 268 g/mol. The fourth-order valence-electron chi connectivity index (χ4n) is 1.70. The van der Waals surface area contributed by atoms with E-state index in [9.17, 15) is 13.2 Å². The van der Waals surface area contributed by atoms with E-state index in [4.69, 9.17) is 11.1 Å². The summed E-state index contributed by atoms with van der Waals surface area (Å²) in [6.45, 7) is 1.79. The highest BCUT2D eigenvalue weighted by Gasteiger charge is 2.34. The van der Waals surface area contributed by atoms with Gasteiger partial charge in [0.1, 0.15) is 5.84 Å². The molecule has 7 heteroatoms. The molecule has 0 bridgehead atoms. The van der Waals surface area contributed by atoms with Gasteiger partial charge in [-0.05, 0) is 30.7 Å². The maximum Gasteiger partial charge on any atom is 0.417 e. The van der Waals surface area contributed by atoms with Crippen molar-refractivity contribution in [3.63, 3.8) is 0 Å². The highest BCUT2D eigenvalue weighted by atomic mass is 19.4. The van der Waals surface area contributed by atoms with Gasteiger partial charge in [0.25, 0.3) is 0 Å². The molecule has 0 radical (unpaired) electrons. The number of nitrogens with two attached hydrogens (primary N) is 1. The Labute approximate surface area is 107 Å². The van der Waals surface area contributed by atoms with Crippen molar-refractivity contribution >= 4 is 5.84 Å². The van der Waals surface area contributed by atoms with E-state index in [0.717, 1.165) is 11.6 Å². The largest absolute Gasteiger partial charge is 0.417 e. The smallest absolute Gasteiger partial charge is 0.384 e. The standard InChI is InChI=1S/C12H11F3N4/c1-7-5-18-19(6-7)8-2-3-9(11(16)17)10(4-8)12(13,14)15/h2-6H,1H3,(H3,16,17). The molecule has 0 amide bonds. The minimum Gasteiger partial charge on any atom is -0.384 e. The van der Waals surface area contributed by atoms with Crippen molar-refractivity contribution in [1.82, 2.24) is 9.78 Å². The molecule has 1 aromatic heterocycles. The molecule has 1 heterocycles. The summed E-state index contributed by atoms with van der Waals surface area (Å²) in [5.74, 6) is -0.615. The van der Waals surface area contributed by atoms with E-state index in [1.165, 1.54) is 16.8 Å². The molecular weight excluding hydrogens is 257 g/mol. The Kier molecular flexibility index (Phi) is 3.05. The molecule has 0 aliphatic rings. The first-order valence-corrected chi connectivity index (χ1v) is 5.36. The number of aryl methyl sites for hydroxylation is 1. The molecule has 100 valence electrons. The third kappa shape index (κ3) is 2.59. The Balaban J connectivity index is 2.59. The number of nitrogen functional groups attached to an aromatic ring is 1. The molecule has 0 spiro atoms. The summed E-state index contributed by atoms with van der Waals surface area (Å²) in [6, 6.07) is 3.55. The molecule has 19 heavy (non-hydrogen) atoms. The third-order valence-corrected chi connectivity index (χ3v) is 2.57. The van der Waals surface area contributed by atoms with Crippen LogP contribution in [0.15, 0.2) is 30.6 Å². The van der Waals surface area contributed by atoms with Gasteiger partial charge in [0, 0.05) is 11.8 Å². The molecule has 0 fully saturated rings. The second kappa shape index (κ2) is 4.42. The van der Waals surface area contributed by atoms with Crippen LogP contribution in [-0.2, 0) is 6.18 Å². The number of nitrogens with one attached hydrogen (secondary N) is 1. The van der Waals surface area contributed by atoms with E-state index in [-0.39, 0.29) is 11.3 Å². The van der Waals surface area contributed by atoms with Crippen LogP contribution in [0.25, 0.3) is 5.69 Å². The number of rotatable bonds is 2. The van der Waals surface area contributed by atoms with E-state index < -0.39 is 17.6 Å². The second-order valence-electron chi connectivity index (χ2n) is 4.10. The van der Waals surface area contributed by atoms with Crippen molar-refractivity contribution in [2.45, 2.75) is 13.1 Å². The monoisotopic (exact) mass is 268 g/mol. The van der Waals surface area contributed by atoms with E-state index >= 15 is 0 Å². The molecular formula is C12H11F3N4. The Hall–Kier alpha value is -2.31. The number of amidine groups is 1. The molecule has 1 aromatic carbocycles. The Morgan fingerprint density at radius 2 is 2.05 bits per heavy atom.